The molecule has 0 radical (unpaired) electrons. The number of rotatable bonds is 3. The van der Waals surface area contributed by atoms with Crippen LogP contribution in [0.5, 0.6) is 0 Å². The predicted octanol–water partition coefficient (Wildman–Crippen LogP) is 2.10. The summed E-state index contributed by atoms with van der Waals surface area (Å²) in [6.45, 7) is 6.94. The van der Waals surface area contributed by atoms with Gasteiger partial charge in [-0.05, 0) is 33.6 Å². The van der Waals surface area contributed by atoms with Crippen LogP contribution < -0.4 is 5.56 Å². The third-order valence-electron chi connectivity index (χ3n) is 4.43. The Morgan fingerprint density at radius 1 is 1.38 bits per heavy atom. The molecule has 0 spiro atoms. The number of likely N-dealkylation sites (tertiary alicyclic amines) is 1. The molecule has 1 saturated heterocycles. The van der Waals surface area contributed by atoms with Gasteiger partial charge in [0, 0.05) is 41.3 Å². The quantitative estimate of drug-likeness (QED) is 0.923. The van der Waals surface area contributed by atoms with Crippen LogP contribution in [-0.2, 0) is 11.2 Å². The van der Waals surface area contributed by atoms with E-state index in [0.717, 1.165) is 30.1 Å². The SMILES string of the molecule is Cc1csc([C@H]2CCCN(C(=O)Cc3c(C)nc(C)[nH]c3=O)C2)n1. The zero-order valence-electron chi connectivity index (χ0n) is 14.3. The number of hydrogen-bond acceptors (Lipinski definition) is 5. The largest absolute Gasteiger partial charge is 0.342 e. The van der Waals surface area contributed by atoms with Crippen LogP contribution in [0.1, 0.15) is 46.5 Å². The van der Waals surface area contributed by atoms with E-state index in [1.54, 1.807) is 25.2 Å². The van der Waals surface area contributed by atoms with Crippen LogP contribution in [0.2, 0.25) is 0 Å². The molecule has 1 N–H and O–H groups in total. The third-order valence-corrected chi connectivity index (χ3v) is 5.55. The summed E-state index contributed by atoms with van der Waals surface area (Å²) < 4.78 is 0. The summed E-state index contributed by atoms with van der Waals surface area (Å²) in [6.07, 6.45) is 2.14. The van der Waals surface area contributed by atoms with Crippen molar-refractivity contribution in [3.8, 4) is 0 Å². The molecule has 0 unspecified atom stereocenters. The van der Waals surface area contributed by atoms with Crippen LogP contribution in [0.15, 0.2) is 10.2 Å². The van der Waals surface area contributed by atoms with Crippen LogP contribution in [0.3, 0.4) is 0 Å². The Morgan fingerprint density at radius 2 is 2.17 bits per heavy atom. The number of thiazole rings is 1. The number of nitrogens with one attached hydrogen (secondary N) is 1. The molecule has 7 heteroatoms. The number of amides is 1. The molecule has 1 atom stereocenters. The number of H-pyrrole nitrogens is 1. The van der Waals surface area contributed by atoms with Crippen molar-refractivity contribution >= 4 is 17.2 Å². The fourth-order valence-corrected chi connectivity index (χ4v) is 4.11. The first-order valence-electron chi connectivity index (χ1n) is 8.20. The topological polar surface area (TPSA) is 79.0 Å². The minimum absolute atomic E-state index is 0.00719. The van der Waals surface area contributed by atoms with Crippen molar-refractivity contribution in [3.63, 3.8) is 0 Å². The van der Waals surface area contributed by atoms with Crippen molar-refractivity contribution < 1.29 is 4.79 Å². The smallest absolute Gasteiger partial charge is 0.254 e. The number of hydrogen-bond donors (Lipinski definition) is 1. The van der Waals surface area contributed by atoms with E-state index < -0.39 is 0 Å². The van der Waals surface area contributed by atoms with Gasteiger partial charge in [-0.3, -0.25) is 9.59 Å². The van der Waals surface area contributed by atoms with Crippen molar-refractivity contribution in [1.29, 1.82) is 0 Å². The van der Waals surface area contributed by atoms with Crippen LogP contribution in [0.4, 0.5) is 0 Å². The van der Waals surface area contributed by atoms with Gasteiger partial charge in [-0.15, -0.1) is 11.3 Å². The molecular formula is C17H22N4O2S. The highest BCUT2D eigenvalue weighted by Crippen LogP contribution is 2.29. The highest BCUT2D eigenvalue weighted by molar-refractivity contribution is 7.09. The number of carbonyl (C=O) groups is 1. The summed E-state index contributed by atoms with van der Waals surface area (Å²) in [6, 6.07) is 0. The molecule has 128 valence electrons. The second-order valence-electron chi connectivity index (χ2n) is 6.40. The molecule has 3 rings (SSSR count). The number of aromatic amines is 1. The van der Waals surface area contributed by atoms with E-state index in [1.807, 2.05) is 11.8 Å². The van der Waals surface area contributed by atoms with Crippen molar-refractivity contribution in [3.05, 3.63) is 43.5 Å². The molecule has 24 heavy (non-hydrogen) atoms. The molecule has 2 aromatic rings. The summed E-state index contributed by atoms with van der Waals surface area (Å²) in [7, 11) is 0. The first-order valence-corrected chi connectivity index (χ1v) is 9.08. The van der Waals surface area contributed by atoms with Gasteiger partial charge < -0.3 is 9.88 Å². The van der Waals surface area contributed by atoms with Gasteiger partial charge in [0.1, 0.15) is 5.82 Å². The Balaban J connectivity index is 1.72. The Morgan fingerprint density at radius 3 is 2.83 bits per heavy atom. The number of nitrogens with zero attached hydrogens (tertiary/aromatic N) is 3. The lowest BCUT2D eigenvalue weighted by Crippen LogP contribution is -2.40. The van der Waals surface area contributed by atoms with Crippen molar-refractivity contribution in [2.24, 2.45) is 0 Å². The second kappa shape index (κ2) is 6.84. The van der Waals surface area contributed by atoms with Crippen molar-refractivity contribution in [1.82, 2.24) is 19.9 Å². The van der Waals surface area contributed by atoms with Gasteiger partial charge in [-0.1, -0.05) is 0 Å². The Kier molecular flexibility index (Phi) is 4.80. The zero-order valence-corrected chi connectivity index (χ0v) is 15.1. The number of aromatic nitrogens is 3. The number of aryl methyl sites for hydroxylation is 3. The lowest BCUT2D eigenvalue weighted by atomic mass is 9.98. The summed E-state index contributed by atoms with van der Waals surface area (Å²) in [5, 5.41) is 3.16. The molecule has 1 aliphatic heterocycles. The van der Waals surface area contributed by atoms with Crippen LogP contribution in [0.25, 0.3) is 0 Å². The van der Waals surface area contributed by atoms with Gasteiger partial charge in [0.25, 0.3) is 5.56 Å². The monoisotopic (exact) mass is 346 g/mol. The molecule has 3 heterocycles. The van der Waals surface area contributed by atoms with Gasteiger partial charge in [0.05, 0.1) is 11.4 Å². The van der Waals surface area contributed by atoms with E-state index in [2.05, 4.69) is 20.3 Å². The molecule has 1 fully saturated rings. The maximum atomic E-state index is 12.7. The van der Waals surface area contributed by atoms with Gasteiger partial charge in [0.15, 0.2) is 0 Å². The molecule has 1 aliphatic rings. The zero-order chi connectivity index (χ0) is 17.3. The van der Waals surface area contributed by atoms with E-state index >= 15 is 0 Å². The van der Waals surface area contributed by atoms with E-state index in [-0.39, 0.29) is 17.9 Å². The fourth-order valence-electron chi connectivity index (χ4n) is 3.19. The Labute approximate surface area is 145 Å². The van der Waals surface area contributed by atoms with Crippen molar-refractivity contribution in [2.75, 3.05) is 13.1 Å². The fraction of sp³-hybridized carbons (Fsp3) is 0.529. The first kappa shape index (κ1) is 16.8. The van der Waals surface area contributed by atoms with E-state index in [1.165, 1.54) is 0 Å². The lowest BCUT2D eigenvalue weighted by Gasteiger charge is -2.32. The first-order chi connectivity index (χ1) is 11.4. The summed E-state index contributed by atoms with van der Waals surface area (Å²) in [4.78, 5) is 38.1. The third kappa shape index (κ3) is 3.56. The average Bonchev–Trinajstić information content (AvgIpc) is 2.97. The minimum atomic E-state index is -0.211. The molecule has 0 saturated carbocycles. The molecule has 2 aromatic heterocycles. The van der Waals surface area contributed by atoms with Crippen LogP contribution in [-0.4, -0.2) is 38.8 Å². The van der Waals surface area contributed by atoms with Gasteiger partial charge in [-0.2, -0.15) is 0 Å². The molecule has 0 bridgehead atoms. The summed E-state index contributed by atoms with van der Waals surface area (Å²) in [5.74, 6) is 0.870. The van der Waals surface area contributed by atoms with E-state index in [4.69, 9.17) is 0 Å². The summed E-state index contributed by atoms with van der Waals surface area (Å²) >= 11 is 1.67. The number of piperidine rings is 1. The van der Waals surface area contributed by atoms with Gasteiger partial charge in [-0.25, -0.2) is 9.97 Å². The van der Waals surface area contributed by atoms with Crippen LogP contribution in [0, 0.1) is 20.8 Å². The van der Waals surface area contributed by atoms with E-state index in [9.17, 15) is 9.59 Å². The summed E-state index contributed by atoms with van der Waals surface area (Å²) in [5.41, 5.74) is 1.93. The highest BCUT2D eigenvalue weighted by Gasteiger charge is 2.27. The molecule has 0 aliphatic carbocycles. The predicted molar refractivity (Wildman–Crippen MR) is 93.4 cm³/mol. The minimum Gasteiger partial charge on any atom is -0.342 e. The van der Waals surface area contributed by atoms with Crippen LogP contribution >= 0.6 is 11.3 Å². The van der Waals surface area contributed by atoms with Gasteiger partial charge in [0.2, 0.25) is 5.91 Å². The lowest BCUT2D eigenvalue weighted by molar-refractivity contribution is -0.131. The van der Waals surface area contributed by atoms with E-state index in [0.29, 0.717) is 29.5 Å². The maximum absolute atomic E-state index is 12.7. The Hall–Kier alpha value is -2.02. The average molecular weight is 346 g/mol. The Bertz CT molecular complexity index is 811. The second-order valence-corrected chi connectivity index (χ2v) is 7.29. The number of carbonyl (C=O) groups excluding carboxylic acids is 1. The highest BCUT2D eigenvalue weighted by atomic mass is 32.1. The molecule has 6 nitrogen and oxygen atoms in total. The molecule has 0 aromatic carbocycles. The maximum Gasteiger partial charge on any atom is 0.254 e. The van der Waals surface area contributed by atoms with Gasteiger partial charge >= 0.3 is 0 Å². The molecule has 1 amide bonds. The normalized spacial score (nSPS) is 18.0. The van der Waals surface area contributed by atoms with Crippen molar-refractivity contribution in [2.45, 2.75) is 46.0 Å². The standard InChI is InChI=1S/C17H22N4O2S/c1-10-9-24-17(18-10)13-5-4-6-21(8-13)15(22)7-14-11(2)19-12(3)20-16(14)23/h9,13H,4-8H2,1-3H3,(H,19,20,23)/t13-/m0/s1. The molecular weight excluding hydrogens is 324 g/mol.